The number of nitrogens with one attached hydrogen (secondary N) is 1. The first kappa shape index (κ1) is 21.0. The van der Waals surface area contributed by atoms with Crippen molar-refractivity contribution in [2.75, 3.05) is 13.2 Å². The van der Waals surface area contributed by atoms with Crippen LogP contribution in [0.2, 0.25) is 0 Å². The molecule has 1 aromatic rings. The molecule has 1 aromatic heterocycles. The SMILES string of the molecule is C[C@]12Cc3cn[nH]c3C[C@@H]1CC[C@H]1[C@@H]2CC[C@]2(C)[C@@H](OCCCCCCO)CC[C@@H]12. The summed E-state index contributed by atoms with van der Waals surface area (Å²) in [6, 6.07) is 0. The second-order valence-electron chi connectivity index (χ2n) is 11.5. The van der Waals surface area contributed by atoms with Crippen LogP contribution in [0, 0.1) is 34.5 Å². The molecule has 5 rings (SSSR count). The van der Waals surface area contributed by atoms with Crippen LogP contribution in [0.25, 0.3) is 0 Å². The average Bonchev–Trinajstić information content (AvgIpc) is 3.31. The van der Waals surface area contributed by atoms with Gasteiger partial charge in [0.05, 0.1) is 12.3 Å². The van der Waals surface area contributed by atoms with Crippen LogP contribution in [0.3, 0.4) is 0 Å². The zero-order chi connectivity index (χ0) is 20.8. The lowest BCUT2D eigenvalue weighted by molar-refractivity contribution is -0.123. The van der Waals surface area contributed by atoms with Gasteiger partial charge in [0, 0.05) is 18.9 Å². The van der Waals surface area contributed by atoms with Gasteiger partial charge in [0.15, 0.2) is 0 Å². The Morgan fingerprint density at radius 1 is 1.03 bits per heavy atom. The Balaban J connectivity index is 1.25. The summed E-state index contributed by atoms with van der Waals surface area (Å²) in [7, 11) is 0. The smallest absolute Gasteiger partial charge is 0.0631 e. The number of hydrogen-bond acceptors (Lipinski definition) is 3. The van der Waals surface area contributed by atoms with Crippen molar-refractivity contribution in [1.29, 1.82) is 0 Å². The van der Waals surface area contributed by atoms with Gasteiger partial charge in [-0.1, -0.05) is 26.7 Å². The molecule has 2 N–H and O–H groups in total. The van der Waals surface area contributed by atoms with Crippen LogP contribution in [-0.2, 0) is 17.6 Å². The van der Waals surface area contributed by atoms with E-state index in [4.69, 9.17) is 9.84 Å². The summed E-state index contributed by atoms with van der Waals surface area (Å²) in [5.74, 6) is 3.48. The topological polar surface area (TPSA) is 58.1 Å². The minimum atomic E-state index is 0.327. The molecule has 0 bridgehead atoms. The number of rotatable bonds is 7. The van der Waals surface area contributed by atoms with Crippen molar-refractivity contribution in [3.63, 3.8) is 0 Å². The third-order valence-corrected chi connectivity index (χ3v) is 10.2. The van der Waals surface area contributed by atoms with Gasteiger partial charge >= 0.3 is 0 Å². The largest absolute Gasteiger partial charge is 0.396 e. The molecular weight excluding hydrogens is 372 g/mol. The van der Waals surface area contributed by atoms with Crippen LogP contribution >= 0.6 is 0 Å². The molecule has 4 nitrogen and oxygen atoms in total. The van der Waals surface area contributed by atoms with Gasteiger partial charge in [0.2, 0.25) is 0 Å². The molecule has 0 unspecified atom stereocenters. The Morgan fingerprint density at radius 3 is 2.73 bits per heavy atom. The molecule has 168 valence electrons. The zero-order valence-electron chi connectivity index (χ0n) is 19.2. The lowest BCUT2D eigenvalue weighted by Crippen LogP contribution is -2.54. The Morgan fingerprint density at radius 2 is 1.87 bits per heavy atom. The van der Waals surface area contributed by atoms with Crippen LogP contribution in [0.1, 0.15) is 89.3 Å². The van der Waals surface area contributed by atoms with E-state index in [0.717, 1.165) is 49.5 Å². The van der Waals surface area contributed by atoms with Crippen molar-refractivity contribution in [2.24, 2.45) is 34.5 Å². The predicted octanol–water partition coefficient (Wildman–Crippen LogP) is 5.31. The first-order valence-corrected chi connectivity index (χ1v) is 12.8. The average molecular weight is 415 g/mol. The molecule has 4 heteroatoms. The van der Waals surface area contributed by atoms with Gasteiger partial charge in [-0.3, -0.25) is 5.10 Å². The molecule has 0 spiro atoms. The van der Waals surface area contributed by atoms with E-state index in [0.29, 0.717) is 23.5 Å². The highest BCUT2D eigenvalue weighted by Gasteiger charge is 2.60. The second kappa shape index (κ2) is 8.24. The number of hydrogen-bond donors (Lipinski definition) is 2. The predicted molar refractivity (Wildman–Crippen MR) is 119 cm³/mol. The van der Waals surface area contributed by atoms with Crippen LogP contribution in [0.4, 0.5) is 0 Å². The number of aromatic amines is 1. The molecule has 3 saturated carbocycles. The molecule has 1 heterocycles. The molecule has 3 fully saturated rings. The molecule has 0 radical (unpaired) electrons. The maximum atomic E-state index is 8.95. The first-order valence-electron chi connectivity index (χ1n) is 12.8. The Hall–Kier alpha value is -0.870. The fourth-order valence-corrected chi connectivity index (χ4v) is 8.49. The molecule has 0 aliphatic heterocycles. The van der Waals surface area contributed by atoms with Crippen molar-refractivity contribution in [3.05, 3.63) is 17.5 Å². The number of aromatic nitrogens is 2. The maximum absolute atomic E-state index is 8.95. The van der Waals surface area contributed by atoms with E-state index >= 15 is 0 Å². The van der Waals surface area contributed by atoms with E-state index in [-0.39, 0.29) is 0 Å². The number of aliphatic hydroxyl groups excluding tert-OH is 1. The highest BCUT2D eigenvalue weighted by atomic mass is 16.5. The third kappa shape index (κ3) is 3.37. The summed E-state index contributed by atoms with van der Waals surface area (Å²) >= 11 is 0. The number of unbranched alkanes of at least 4 members (excludes halogenated alkanes) is 3. The first-order chi connectivity index (χ1) is 14.6. The van der Waals surface area contributed by atoms with Crippen LogP contribution in [-0.4, -0.2) is 34.6 Å². The third-order valence-electron chi connectivity index (χ3n) is 10.2. The van der Waals surface area contributed by atoms with Crippen molar-refractivity contribution in [3.8, 4) is 0 Å². The van der Waals surface area contributed by atoms with Gasteiger partial charge in [-0.25, -0.2) is 0 Å². The number of fused-ring (bicyclic) bond motifs is 6. The standard InChI is InChI=1S/C26H42N2O2/c1-25-12-11-22-20(21(25)9-10-24(25)30-14-6-4-3-5-13-29)8-7-19-15-23-18(17-27-28-23)16-26(19,22)2/h17,19-22,24,29H,3-16H2,1-2H3,(H,27,28)/t19-,20+,21-,22-,24-,25-,26-/m0/s1. The second-order valence-corrected chi connectivity index (χ2v) is 11.5. The number of ether oxygens (including phenoxy) is 1. The Labute approximate surface area is 182 Å². The van der Waals surface area contributed by atoms with Crippen molar-refractivity contribution in [2.45, 2.75) is 97.0 Å². The van der Waals surface area contributed by atoms with Gasteiger partial charge in [-0.05, 0) is 104 Å². The molecule has 0 saturated heterocycles. The highest BCUT2D eigenvalue weighted by molar-refractivity contribution is 5.25. The van der Waals surface area contributed by atoms with Crippen LogP contribution < -0.4 is 0 Å². The summed E-state index contributed by atoms with van der Waals surface area (Å²) in [4.78, 5) is 0. The minimum absolute atomic E-state index is 0.327. The molecule has 0 amide bonds. The summed E-state index contributed by atoms with van der Waals surface area (Å²) in [6.45, 7) is 6.44. The fraction of sp³-hybridized carbons (Fsp3) is 0.885. The van der Waals surface area contributed by atoms with Crippen LogP contribution in [0.15, 0.2) is 6.20 Å². The lowest BCUT2D eigenvalue weighted by atomic mass is 9.45. The zero-order valence-corrected chi connectivity index (χ0v) is 19.2. The summed E-state index contributed by atoms with van der Waals surface area (Å²) in [5.41, 5.74) is 3.78. The monoisotopic (exact) mass is 414 g/mol. The fourth-order valence-electron chi connectivity index (χ4n) is 8.49. The number of nitrogens with zero attached hydrogens (tertiary/aromatic N) is 1. The van der Waals surface area contributed by atoms with E-state index in [9.17, 15) is 0 Å². The highest BCUT2D eigenvalue weighted by Crippen LogP contribution is 2.65. The molecular formula is C26H42N2O2. The summed E-state index contributed by atoms with van der Waals surface area (Å²) in [6.07, 6.45) is 17.7. The quantitative estimate of drug-likeness (QED) is 0.595. The van der Waals surface area contributed by atoms with E-state index in [2.05, 4.69) is 30.2 Å². The molecule has 0 aromatic carbocycles. The van der Waals surface area contributed by atoms with Gasteiger partial charge in [-0.15, -0.1) is 0 Å². The van der Waals surface area contributed by atoms with Crippen LogP contribution in [0.5, 0.6) is 0 Å². The van der Waals surface area contributed by atoms with E-state index < -0.39 is 0 Å². The van der Waals surface area contributed by atoms with Crippen molar-refractivity contribution >= 4 is 0 Å². The Bertz CT molecular complexity index is 732. The van der Waals surface area contributed by atoms with E-state index in [1.807, 2.05) is 0 Å². The summed E-state index contributed by atoms with van der Waals surface area (Å²) < 4.78 is 6.53. The number of H-pyrrole nitrogens is 1. The minimum Gasteiger partial charge on any atom is -0.396 e. The van der Waals surface area contributed by atoms with Gasteiger partial charge in [0.25, 0.3) is 0 Å². The number of aliphatic hydroxyl groups is 1. The molecule has 30 heavy (non-hydrogen) atoms. The van der Waals surface area contributed by atoms with E-state index in [1.165, 1.54) is 69.0 Å². The molecule has 7 atom stereocenters. The van der Waals surface area contributed by atoms with Crippen molar-refractivity contribution in [1.82, 2.24) is 10.2 Å². The normalized spacial score (nSPS) is 42.3. The Kier molecular flexibility index (Phi) is 5.77. The molecule has 4 aliphatic carbocycles. The lowest BCUT2D eigenvalue weighted by Gasteiger charge is -2.60. The molecule has 4 aliphatic rings. The van der Waals surface area contributed by atoms with Gasteiger partial charge in [0.1, 0.15) is 0 Å². The summed E-state index contributed by atoms with van der Waals surface area (Å²) in [5, 5.41) is 16.6. The van der Waals surface area contributed by atoms with Gasteiger partial charge in [-0.2, -0.15) is 5.10 Å². The maximum Gasteiger partial charge on any atom is 0.0631 e. The van der Waals surface area contributed by atoms with Crippen molar-refractivity contribution < 1.29 is 9.84 Å². The van der Waals surface area contributed by atoms with Gasteiger partial charge < -0.3 is 9.84 Å². The van der Waals surface area contributed by atoms with E-state index in [1.54, 1.807) is 0 Å².